The molecule has 14 heavy (non-hydrogen) atoms. The fourth-order valence-corrected chi connectivity index (χ4v) is 1.75. The van der Waals surface area contributed by atoms with Gasteiger partial charge in [-0.15, -0.1) is 12.4 Å². The van der Waals surface area contributed by atoms with E-state index in [9.17, 15) is 4.79 Å². The summed E-state index contributed by atoms with van der Waals surface area (Å²) in [4.78, 5) is 11.2. The molecule has 0 heterocycles. The van der Waals surface area contributed by atoms with Crippen LogP contribution in [0.25, 0.3) is 0 Å². The summed E-state index contributed by atoms with van der Waals surface area (Å²) in [5.74, 6) is 0.0323. The number of rotatable bonds is 3. The lowest BCUT2D eigenvalue weighted by Crippen LogP contribution is -2.49. The zero-order valence-corrected chi connectivity index (χ0v) is 9.19. The summed E-state index contributed by atoms with van der Waals surface area (Å²) in [6.45, 7) is 0.411. The fourth-order valence-electron chi connectivity index (χ4n) is 1.75. The number of halogens is 1. The van der Waals surface area contributed by atoms with Crippen LogP contribution in [-0.2, 0) is 4.79 Å². The van der Waals surface area contributed by atoms with Crippen LogP contribution in [0.4, 0.5) is 0 Å². The highest BCUT2D eigenvalue weighted by Crippen LogP contribution is 2.16. The Labute approximate surface area is 91.2 Å². The van der Waals surface area contributed by atoms with E-state index < -0.39 is 0 Å². The van der Waals surface area contributed by atoms with Crippen molar-refractivity contribution >= 4 is 18.3 Å². The number of carbonyl (C=O) groups is 1. The van der Waals surface area contributed by atoms with Gasteiger partial charge in [-0.1, -0.05) is 12.8 Å². The molecular formula is C9H20ClN3O. The van der Waals surface area contributed by atoms with Gasteiger partial charge in [0.15, 0.2) is 0 Å². The highest BCUT2D eigenvalue weighted by Gasteiger charge is 2.22. The summed E-state index contributed by atoms with van der Waals surface area (Å²) in [6.07, 6.45) is 4.79. The Morgan fingerprint density at radius 3 is 2.57 bits per heavy atom. The van der Waals surface area contributed by atoms with Crippen LogP contribution in [0.2, 0.25) is 0 Å². The summed E-state index contributed by atoms with van der Waals surface area (Å²) in [5.41, 5.74) is 11.2. The number of carbonyl (C=O) groups excluding carboxylic acids is 1. The fraction of sp³-hybridized carbons (Fsp3) is 0.889. The molecule has 1 fully saturated rings. The molecule has 0 aliphatic heterocycles. The van der Waals surface area contributed by atoms with Crippen molar-refractivity contribution in [3.8, 4) is 0 Å². The van der Waals surface area contributed by atoms with E-state index in [1.807, 2.05) is 0 Å². The summed E-state index contributed by atoms with van der Waals surface area (Å²) in [5, 5.41) is 2.93. The summed E-state index contributed by atoms with van der Waals surface area (Å²) in [6, 6.07) is 0.309. The predicted octanol–water partition coefficient (Wildman–Crippen LogP) is 0.143. The number of nitrogens with two attached hydrogens (primary N) is 2. The summed E-state index contributed by atoms with van der Waals surface area (Å²) in [7, 11) is 0. The Morgan fingerprint density at radius 1 is 1.36 bits per heavy atom. The van der Waals surface area contributed by atoms with Gasteiger partial charge in [-0.25, -0.2) is 0 Å². The van der Waals surface area contributed by atoms with E-state index in [0.717, 1.165) is 12.8 Å². The molecule has 0 radical (unpaired) electrons. The van der Waals surface area contributed by atoms with Crippen LogP contribution in [0.1, 0.15) is 32.1 Å². The summed E-state index contributed by atoms with van der Waals surface area (Å²) < 4.78 is 0. The smallest absolute Gasteiger partial charge is 0.221 e. The van der Waals surface area contributed by atoms with Gasteiger partial charge in [-0.3, -0.25) is 4.79 Å². The average molecular weight is 222 g/mol. The zero-order valence-electron chi connectivity index (χ0n) is 8.37. The Balaban J connectivity index is 0.00000169. The minimum atomic E-state index is 0. The zero-order chi connectivity index (χ0) is 9.68. The van der Waals surface area contributed by atoms with Gasteiger partial charge >= 0.3 is 0 Å². The lowest BCUT2D eigenvalue weighted by Gasteiger charge is -2.29. The van der Waals surface area contributed by atoms with E-state index in [2.05, 4.69) is 5.32 Å². The van der Waals surface area contributed by atoms with Gasteiger partial charge in [0.25, 0.3) is 0 Å². The Bertz CT molecular complexity index is 177. The van der Waals surface area contributed by atoms with E-state index in [-0.39, 0.29) is 30.4 Å². The van der Waals surface area contributed by atoms with Gasteiger partial charge in [0, 0.05) is 25.0 Å². The van der Waals surface area contributed by atoms with Gasteiger partial charge in [0.05, 0.1) is 0 Å². The monoisotopic (exact) mass is 221 g/mol. The lowest BCUT2D eigenvalue weighted by atomic mass is 9.91. The Morgan fingerprint density at radius 2 is 2.00 bits per heavy atom. The van der Waals surface area contributed by atoms with Gasteiger partial charge in [-0.2, -0.15) is 0 Å². The van der Waals surface area contributed by atoms with Gasteiger partial charge in [0.2, 0.25) is 5.91 Å². The van der Waals surface area contributed by atoms with Gasteiger partial charge < -0.3 is 16.8 Å². The molecule has 4 nitrogen and oxygen atoms in total. The third-order valence-corrected chi connectivity index (χ3v) is 2.54. The molecule has 84 valence electrons. The first-order valence-corrected chi connectivity index (χ1v) is 4.99. The van der Waals surface area contributed by atoms with Crippen molar-refractivity contribution in [1.29, 1.82) is 0 Å². The largest absolute Gasteiger partial charge is 0.352 e. The van der Waals surface area contributed by atoms with E-state index in [1.165, 1.54) is 12.8 Å². The quantitative estimate of drug-likeness (QED) is 0.634. The number of nitrogens with one attached hydrogen (secondary N) is 1. The van der Waals surface area contributed by atoms with Crippen molar-refractivity contribution in [1.82, 2.24) is 5.32 Å². The van der Waals surface area contributed by atoms with Crippen molar-refractivity contribution in [3.63, 3.8) is 0 Å². The first kappa shape index (κ1) is 13.7. The molecule has 0 aromatic rings. The van der Waals surface area contributed by atoms with Gasteiger partial charge in [-0.05, 0) is 12.8 Å². The molecule has 5 N–H and O–H groups in total. The van der Waals surface area contributed by atoms with E-state index in [4.69, 9.17) is 11.5 Å². The lowest BCUT2D eigenvalue weighted by molar-refractivity contribution is -0.121. The molecular weight excluding hydrogens is 202 g/mol. The third-order valence-electron chi connectivity index (χ3n) is 2.54. The van der Waals surface area contributed by atoms with E-state index in [0.29, 0.717) is 13.0 Å². The minimum absolute atomic E-state index is 0. The second-order valence-corrected chi connectivity index (χ2v) is 3.66. The van der Waals surface area contributed by atoms with Crippen LogP contribution in [0.5, 0.6) is 0 Å². The van der Waals surface area contributed by atoms with Crippen LogP contribution >= 0.6 is 12.4 Å². The first-order chi connectivity index (χ1) is 6.24. The van der Waals surface area contributed by atoms with Crippen LogP contribution in [-0.4, -0.2) is 24.5 Å². The molecule has 1 saturated carbocycles. The topological polar surface area (TPSA) is 81.1 Å². The third kappa shape index (κ3) is 4.26. The molecule has 0 saturated heterocycles. The summed E-state index contributed by atoms with van der Waals surface area (Å²) >= 11 is 0. The second kappa shape index (κ2) is 7.04. The van der Waals surface area contributed by atoms with Crippen molar-refractivity contribution in [3.05, 3.63) is 0 Å². The predicted molar refractivity (Wildman–Crippen MR) is 59.3 cm³/mol. The maximum atomic E-state index is 11.2. The maximum absolute atomic E-state index is 11.2. The van der Waals surface area contributed by atoms with Crippen LogP contribution in [0, 0.1) is 0 Å². The number of amides is 1. The van der Waals surface area contributed by atoms with Crippen LogP contribution in [0.3, 0.4) is 0 Å². The molecule has 1 amide bonds. The van der Waals surface area contributed by atoms with E-state index in [1.54, 1.807) is 0 Å². The molecule has 0 aromatic heterocycles. The standard InChI is InChI=1S/C9H19N3O.ClH/c10-6-5-9(13)12-8-4-2-1-3-7(8)11;/h7-8H,1-6,10-11H2,(H,12,13);1H. The van der Waals surface area contributed by atoms with Crippen molar-refractivity contribution in [2.24, 2.45) is 11.5 Å². The molecule has 2 unspecified atom stereocenters. The van der Waals surface area contributed by atoms with Gasteiger partial charge in [0.1, 0.15) is 0 Å². The van der Waals surface area contributed by atoms with Crippen molar-refractivity contribution < 1.29 is 4.79 Å². The molecule has 1 aliphatic carbocycles. The Kier molecular flexibility index (Phi) is 6.87. The Hall–Kier alpha value is -0.320. The molecule has 1 aliphatic rings. The molecule has 0 bridgehead atoms. The SMILES string of the molecule is Cl.NCCC(=O)NC1CCCCC1N. The molecule has 2 atom stereocenters. The minimum Gasteiger partial charge on any atom is -0.352 e. The highest BCUT2D eigenvalue weighted by atomic mass is 35.5. The molecule has 5 heteroatoms. The number of hydrogen-bond acceptors (Lipinski definition) is 3. The molecule has 0 aromatic carbocycles. The average Bonchev–Trinajstić information content (AvgIpc) is 2.09. The molecule has 1 rings (SSSR count). The first-order valence-electron chi connectivity index (χ1n) is 4.99. The number of hydrogen-bond donors (Lipinski definition) is 3. The second-order valence-electron chi connectivity index (χ2n) is 3.66. The van der Waals surface area contributed by atoms with Crippen LogP contribution < -0.4 is 16.8 Å². The molecule has 0 spiro atoms. The highest BCUT2D eigenvalue weighted by molar-refractivity contribution is 5.85. The van der Waals surface area contributed by atoms with Crippen molar-refractivity contribution in [2.75, 3.05) is 6.54 Å². The van der Waals surface area contributed by atoms with Crippen molar-refractivity contribution in [2.45, 2.75) is 44.2 Å². The normalized spacial score (nSPS) is 26.4. The van der Waals surface area contributed by atoms with Crippen LogP contribution in [0.15, 0.2) is 0 Å². The van der Waals surface area contributed by atoms with E-state index >= 15 is 0 Å². The maximum Gasteiger partial charge on any atom is 0.221 e.